The summed E-state index contributed by atoms with van der Waals surface area (Å²) < 4.78 is 33.4. The van der Waals surface area contributed by atoms with Crippen molar-refractivity contribution in [3.05, 3.63) is 24.4 Å². The van der Waals surface area contributed by atoms with E-state index in [-0.39, 0.29) is 36.2 Å². The van der Waals surface area contributed by atoms with Crippen LogP contribution in [0.1, 0.15) is 32.6 Å². The first-order valence-corrected chi connectivity index (χ1v) is 9.31. The van der Waals surface area contributed by atoms with Gasteiger partial charge < -0.3 is 15.4 Å². The van der Waals surface area contributed by atoms with Crippen molar-refractivity contribution >= 4 is 17.5 Å². The van der Waals surface area contributed by atoms with Gasteiger partial charge in [0.1, 0.15) is 6.67 Å². The molecule has 3 rings (SSSR count). The van der Waals surface area contributed by atoms with E-state index >= 15 is 0 Å². The van der Waals surface area contributed by atoms with Crippen LogP contribution < -0.4 is 15.4 Å². The number of anilines is 2. The highest BCUT2D eigenvalue weighted by Crippen LogP contribution is 2.26. The van der Waals surface area contributed by atoms with Crippen molar-refractivity contribution in [1.29, 1.82) is 0 Å². The van der Waals surface area contributed by atoms with Crippen LogP contribution in [0.4, 0.5) is 20.4 Å². The molecule has 28 heavy (non-hydrogen) atoms. The van der Waals surface area contributed by atoms with E-state index in [0.717, 1.165) is 31.9 Å². The Balaban J connectivity index is 1.53. The van der Waals surface area contributed by atoms with E-state index in [1.807, 2.05) is 0 Å². The van der Waals surface area contributed by atoms with Gasteiger partial charge in [-0.05, 0) is 31.6 Å². The van der Waals surface area contributed by atoms with Crippen molar-refractivity contribution < 1.29 is 18.3 Å². The predicted molar refractivity (Wildman–Crippen MR) is 98.5 cm³/mol. The Kier molecular flexibility index (Phi) is 6.72. The summed E-state index contributed by atoms with van der Waals surface area (Å²) in [6.45, 7) is 1.52. The molecule has 2 heterocycles. The summed E-state index contributed by atoms with van der Waals surface area (Å²) in [4.78, 5) is 19.1. The molecule has 0 saturated heterocycles. The molecule has 152 valence electrons. The third-order valence-corrected chi connectivity index (χ3v) is 4.62. The van der Waals surface area contributed by atoms with E-state index in [9.17, 15) is 13.6 Å². The first-order chi connectivity index (χ1) is 13.5. The highest BCUT2D eigenvalue weighted by molar-refractivity contribution is 5.73. The van der Waals surface area contributed by atoms with Crippen LogP contribution in [-0.4, -0.2) is 45.0 Å². The SMILES string of the molecule is CC(=O)N[C@H]1CC[C@H](COc2nc(Nc3cnn(CCF)c3)ncc2F)CC1. The Morgan fingerprint density at radius 3 is 2.82 bits per heavy atom. The monoisotopic (exact) mass is 394 g/mol. The first kappa shape index (κ1) is 20.0. The van der Waals surface area contributed by atoms with Gasteiger partial charge in [-0.15, -0.1) is 0 Å². The van der Waals surface area contributed by atoms with Gasteiger partial charge in [-0.2, -0.15) is 14.5 Å². The van der Waals surface area contributed by atoms with Crippen molar-refractivity contribution in [2.45, 2.75) is 45.2 Å². The van der Waals surface area contributed by atoms with Crippen molar-refractivity contribution in [1.82, 2.24) is 25.1 Å². The first-order valence-electron chi connectivity index (χ1n) is 9.31. The second kappa shape index (κ2) is 9.43. The van der Waals surface area contributed by atoms with Crippen LogP contribution in [0.2, 0.25) is 0 Å². The summed E-state index contributed by atoms with van der Waals surface area (Å²) in [5, 5.41) is 9.82. The van der Waals surface area contributed by atoms with Gasteiger partial charge in [0.2, 0.25) is 17.7 Å². The molecule has 2 aromatic heterocycles. The molecule has 1 fully saturated rings. The largest absolute Gasteiger partial charge is 0.475 e. The van der Waals surface area contributed by atoms with Crippen LogP contribution in [-0.2, 0) is 11.3 Å². The van der Waals surface area contributed by atoms with Crippen molar-refractivity contribution in [3.63, 3.8) is 0 Å². The molecular weight excluding hydrogens is 370 g/mol. The number of amides is 1. The second-order valence-electron chi connectivity index (χ2n) is 6.88. The van der Waals surface area contributed by atoms with E-state index < -0.39 is 12.5 Å². The zero-order chi connectivity index (χ0) is 19.9. The molecule has 0 atom stereocenters. The molecule has 1 amide bonds. The number of nitrogens with zero attached hydrogens (tertiary/aromatic N) is 4. The molecule has 10 heteroatoms. The molecule has 1 aliphatic carbocycles. The number of ether oxygens (including phenoxy) is 1. The molecule has 1 saturated carbocycles. The maximum atomic E-state index is 14.0. The summed E-state index contributed by atoms with van der Waals surface area (Å²) in [7, 11) is 0. The number of carbonyl (C=O) groups is 1. The molecule has 1 aliphatic rings. The van der Waals surface area contributed by atoms with Crippen molar-refractivity contribution in [2.24, 2.45) is 5.92 Å². The fourth-order valence-corrected chi connectivity index (χ4v) is 3.24. The van der Waals surface area contributed by atoms with Gasteiger partial charge in [0, 0.05) is 19.2 Å². The number of aryl methyl sites for hydroxylation is 1. The zero-order valence-corrected chi connectivity index (χ0v) is 15.7. The maximum Gasteiger partial charge on any atom is 0.255 e. The Morgan fingerprint density at radius 2 is 2.11 bits per heavy atom. The van der Waals surface area contributed by atoms with Crippen molar-refractivity contribution in [2.75, 3.05) is 18.6 Å². The van der Waals surface area contributed by atoms with Gasteiger partial charge in [0.15, 0.2) is 0 Å². The van der Waals surface area contributed by atoms with E-state index in [4.69, 9.17) is 4.74 Å². The Morgan fingerprint density at radius 1 is 1.32 bits per heavy atom. The fourth-order valence-electron chi connectivity index (χ4n) is 3.24. The third-order valence-electron chi connectivity index (χ3n) is 4.62. The smallest absolute Gasteiger partial charge is 0.255 e. The second-order valence-corrected chi connectivity index (χ2v) is 6.88. The van der Waals surface area contributed by atoms with Crippen LogP contribution in [0.25, 0.3) is 0 Å². The highest BCUT2D eigenvalue weighted by atomic mass is 19.1. The average Bonchev–Trinajstić information content (AvgIpc) is 3.10. The van der Waals surface area contributed by atoms with E-state index in [1.165, 1.54) is 17.8 Å². The van der Waals surface area contributed by atoms with Crippen LogP contribution >= 0.6 is 0 Å². The topological polar surface area (TPSA) is 94.0 Å². The normalized spacial score (nSPS) is 19.2. The Bertz CT molecular complexity index is 792. The number of carbonyl (C=O) groups excluding carboxylic acids is 1. The lowest BCUT2D eigenvalue weighted by atomic mass is 9.86. The van der Waals surface area contributed by atoms with Gasteiger partial charge in [-0.25, -0.2) is 9.37 Å². The molecule has 0 radical (unpaired) electrons. The van der Waals surface area contributed by atoms with Crippen LogP contribution in [0.15, 0.2) is 18.6 Å². The molecule has 0 unspecified atom stereocenters. The molecule has 0 aliphatic heterocycles. The van der Waals surface area contributed by atoms with Crippen LogP contribution in [0.5, 0.6) is 5.88 Å². The summed E-state index contributed by atoms with van der Waals surface area (Å²) in [6.07, 6.45) is 7.74. The molecule has 0 aromatic carbocycles. The maximum absolute atomic E-state index is 14.0. The van der Waals surface area contributed by atoms with Crippen LogP contribution in [0.3, 0.4) is 0 Å². The van der Waals surface area contributed by atoms with Gasteiger partial charge in [0.25, 0.3) is 5.88 Å². The average molecular weight is 394 g/mol. The lowest BCUT2D eigenvalue weighted by Gasteiger charge is -2.28. The van der Waals surface area contributed by atoms with Gasteiger partial charge >= 0.3 is 0 Å². The third kappa shape index (κ3) is 5.61. The summed E-state index contributed by atoms with van der Waals surface area (Å²) in [5.41, 5.74) is 0.572. The minimum atomic E-state index is -0.634. The predicted octanol–water partition coefficient (Wildman–Crippen LogP) is 2.60. The molecule has 0 bridgehead atoms. The summed E-state index contributed by atoms with van der Waals surface area (Å²) in [6, 6.07) is 0.207. The standard InChI is InChI=1S/C18H24F2N6O2/c1-12(27)23-14-4-2-13(3-5-14)11-28-17-16(20)9-21-18(25-17)24-15-8-22-26(10-15)7-6-19/h8-10,13-14H,2-7,11H2,1H3,(H,23,27)(H,21,24,25)/t13-,14-. The number of halogens is 2. The zero-order valence-electron chi connectivity index (χ0n) is 15.7. The highest BCUT2D eigenvalue weighted by Gasteiger charge is 2.22. The minimum absolute atomic E-state index is 0.0157. The fraction of sp³-hybridized carbons (Fsp3) is 0.556. The quantitative estimate of drug-likeness (QED) is 0.715. The van der Waals surface area contributed by atoms with E-state index in [0.29, 0.717) is 12.3 Å². The molecule has 8 nitrogen and oxygen atoms in total. The minimum Gasteiger partial charge on any atom is -0.475 e. The number of hydrogen-bond acceptors (Lipinski definition) is 6. The number of alkyl halides is 1. The van der Waals surface area contributed by atoms with Gasteiger partial charge in [-0.1, -0.05) is 0 Å². The number of aromatic nitrogens is 4. The summed E-state index contributed by atoms with van der Waals surface area (Å²) >= 11 is 0. The van der Waals surface area contributed by atoms with Gasteiger partial charge in [-0.3, -0.25) is 9.48 Å². The lowest BCUT2D eigenvalue weighted by Crippen LogP contribution is -2.37. The van der Waals surface area contributed by atoms with Gasteiger partial charge in [0.05, 0.1) is 31.2 Å². The van der Waals surface area contributed by atoms with Crippen molar-refractivity contribution in [3.8, 4) is 5.88 Å². The molecule has 2 N–H and O–H groups in total. The number of nitrogens with one attached hydrogen (secondary N) is 2. The van der Waals surface area contributed by atoms with E-state index in [1.54, 1.807) is 6.20 Å². The van der Waals surface area contributed by atoms with Crippen LogP contribution in [0, 0.1) is 11.7 Å². The lowest BCUT2D eigenvalue weighted by molar-refractivity contribution is -0.119. The Labute approximate surface area is 161 Å². The molecule has 0 spiro atoms. The molecular formula is C18H24F2N6O2. The Hall–Kier alpha value is -2.78. The molecule has 2 aromatic rings. The number of rotatable bonds is 8. The summed E-state index contributed by atoms with van der Waals surface area (Å²) in [5.74, 6) is -0.304. The van der Waals surface area contributed by atoms with E-state index in [2.05, 4.69) is 25.7 Å². The number of hydrogen-bond donors (Lipinski definition) is 2.